The van der Waals surface area contributed by atoms with Crippen LogP contribution >= 0.6 is 0 Å². The smallest absolute Gasteiger partial charge is 0.328 e. The highest BCUT2D eigenvalue weighted by atomic mass is 16.5. The lowest BCUT2D eigenvalue weighted by Crippen LogP contribution is -2.47. The molecular weight excluding hydrogens is 668 g/mol. The topological polar surface area (TPSA) is 142 Å². The minimum atomic E-state index is -1.38. The molecule has 0 saturated heterocycles. The first kappa shape index (κ1) is 50.1. The molecular formula is C44H78N2O7. The molecule has 9 nitrogen and oxygen atoms in total. The third-order valence-corrected chi connectivity index (χ3v) is 9.39. The highest BCUT2D eigenvalue weighted by Gasteiger charge is 2.19. The number of aliphatic hydroxyl groups excluding tert-OH is 1. The number of carbonyl (C=O) groups excluding carboxylic acids is 3. The Kier molecular flexibility index (Phi) is 36.6. The monoisotopic (exact) mass is 747 g/mol. The van der Waals surface area contributed by atoms with E-state index in [0.29, 0.717) is 19.3 Å². The summed E-state index contributed by atoms with van der Waals surface area (Å²) in [5.41, 5.74) is 0. The molecule has 0 aliphatic heterocycles. The van der Waals surface area contributed by atoms with Gasteiger partial charge < -0.3 is 25.6 Å². The number of hydrogen-bond donors (Lipinski definition) is 4. The average molecular weight is 747 g/mol. The molecule has 0 aromatic heterocycles. The van der Waals surface area contributed by atoms with Crippen LogP contribution in [0.15, 0.2) is 36.5 Å². The Morgan fingerprint density at radius 2 is 1.02 bits per heavy atom. The molecule has 0 aromatic carbocycles. The highest BCUT2D eigenvalue weighted by molar-refractivity contribution is 5.87. The van der Waals surface area contributed by atoms with Gasteiger partial charge in [-0.25, -0.2) is 4.79 Å². The molecule has 0 aromatic rings. The molecule has 0 saturated carbocycles. The van der Waals surface area contributed by atoms with E-state index >= 15 is 0 Å². The van der Waals surface area contributed by atoms with E-state index < -0.39 is 24.5 Å². The van der Waals surface area contributed by atoms with Crippen LogP contribution in [0.3, 0.4) is 0 Å². The van der Waals surface area contributed by atoms with Crippen molar-refractivity contribution in [3.05, 3.63) is 36.5 Å². The van der Waals surface area contributed by atoms with Gasteiger partial charge in [0.1, 0.15) is 12.1 Å². The van der Waals surface area contributed by atoms with Crippen LogP contribution in [0.1, 0.15) is 194 Å². The van der Waals surface area contributed by atoms with E-state index in [-0.39, 0.29) is 24.5 Å². The normalized spacial score (nSPS) is 12.8. The molecule has 0 fully saturated rings. The van der Waals surface area contributed by atoms with Crippen molar-refractivity contribution in [2.75, 3.05) is 13.2 Å². The standard InChI is InChI=1S/C44H78N2O7/c1-3-5-7-9-11-12-13-14-15-16-17-18-19-20-21-22-23-28-32-36-43(50)53-39(33-29-25-10-8-6-4-2)34-30-26-24-27-31-35-41(48)45-37-42(49)46-40(38-47)44(51)52/h11-12,14-15,17-18,39-40,47H,3-10,13,16,19-38H2,1-2H3,(H,45,48)(H,46,49)(H,51,52)/b12-11-,15-14-,18-17-. The molecule has 0 rings (SSSR count). The largest absolute Gasteiger partial charge is 0.480 e. The molecule has 0 aliphatic rings. The van der Waals surface area contributed by atoms with Gasteiger partial charge in [-0.2, -0.15) is 0 Å². The molecule has 9 heteroatoms. The molecule has 2 atom stereocenters. The van der Waals surface area contributed by atoms with Crippen molar-refractivity contribution in [1.29, 1.82) is 0 Å². The number of aliphatic hydroxyl groups is 1. The molecule has 53 heavy (non-hydrogen) atoms. The first-order chi connectivity index (χ1) is 25.8. The second-order valence-corrected chi connectivity index (χ2v) is 14.4. The summed E-state index contributed by atoms with van der Waals surface area (Å²) in [6.07, 6.45) is 43.2. The summed E-state index contributed by atoms with van der Waals surface area (Å²) in [7, 11) is 0. The minimum absolute atomic E-state index is 0.0159. The summed E-state index contributed by atoms with van der Waals surface area (Å²) in [6, 6.07) is -1.38. The summed E-state index contributed by atoms with van der Waals surface area (Å²) in [5, 5.41) is 22.5. The summed E-state index contributed by atoms with van der Waals surface area (Å²) in [5.74, 6) is -2.31. The van der Waals surface area contributed by atoms with Crippen LogP contribution in [0.4, 0.5) is 0 Å². The molecule has 4 N–H and O–H groups in total. The van der Waals surface area contributed by atoms with Crippen LogP contribution in [0.2, 0.25) is 0 Å². The zero-order valence-corrected chi connectivity index (χ0v) is 33.8. The van der Waals surface area contributed by atoms with Crippen molar-refractivity contribution in [3.8, 4) is 0 Å². The van der Waals surface area contributed by atoms with E-state index in [9.17, 15) is 19.2 Å². The van der Waals surface area contributed by atoms with Gasteiger partial charge in [0.2, 0.25) is 11.8 Å². The first-order valence-corrected chi connectivity index (χ1v) is 21.4. The van der Waals surface area contributed by atoms with Gasteiger partial charge in [0.05, 0.1) is 13.2 Å². The van der Waals surface area contributed by atoms with E-state index in [1.807, 2.05) is 0 Å². The Morgan fingerprint density at radius 1 is 0.566 bits per heavy atom. The maximum absolute atomic E-state index is 12.7. The molecule has 0 spiro atoms. The number of carboxylic acids is 1. The third-order valence-electron chi connectivity index (χ3n) is 9.39. The van der Waals surface area contributed by atoms with E-state index in [1.165, 1.54) is 83.5 Å². The van der Waals surface area contributed by atoms with Crippen LogP contribution in [0.5, 0.6) is 0 Å². The van der Waals surface area contributed by atoms with Crippen LogP contribution in [-0.2, 0) is 23.9 Å². The predicted octanol–water partition coefficient (Wildman–Crippen LogP) is 10.2. The SMILES string of the molecule is CCCCC/C=C\C/C=C\C/C=C\CCCCCCCCC(=O)OC(CCCCCCCC)CCCCCCCC(=O)NCC(=O)NC(CO)C(=O)O. The first-order valence-electron chi connectivity index (χ1n) is 21.4. The van der Waals surface area contributed by atoms with Crippen molar-refractivity contribution in [2.24, 2.45) is 0 Å². The van der Waals surface area contributed by atoms with Crippen LogP contribution in [0.25, 0.3) is 0 Å². The fourth-order valence-electron chi connectivity index (χ4n) is 6.07. The number of nitrogens with one attached hydrogen (secondary N) is 2. The van der Waals surface area contributed by atoms with E-state index in [2.05, 4.69) is 60.9 Å². The Bertz CT molecular complexity index is 994. The van der Waals surface area contributed by atoms with Gasteiger partial charge in [-0.3, -0.25) is 14.4 Å². The molecule has 306 valence electrons. The number of carboxylic acid groups (broad SMARTS) is 1. The van der Waals surface area contributed by atoms with Crippen LogP contribution < -0.4 is 10.6 Å². The summed E-state index contributed by atoms with van der Waals surface area (Å²) >= 11 is 0. The van der Waals surface area contributed by atoms with Gasteiger partial charge in [-0.1, -0.05) is 140 Å². The van der Waals surface area contributed by atoms with Gasteiger partial charge in [-0.15, -0.1) is 0 Å². The van der Waals surface area contributed by atoms with Crippen LogP contribution in [0, 0.1) is 0 Å². The fourth-order valence-corrected chi connectivity index (χ4v) is 6.07. The summed E-state index contributed by atoms with van der Waals surface area (Å²) < 4.78 is 5.98. The number of aliphatic carboxylic acids is 1. The molecule has 0 radical (unpaired) electrons. The van der Waals surface area contributed by atoms with Crippen LogP contribution in [-0.4, -0.2) is 59.3 Å². The molecule has 2 amide bonds. The highest BCUT2D eigenvalue weighted by Crippen LogP contribution is 2.18. The molecule has 0 bridgehead atoms. The van der Waals surface area contributed by atoms with E-state index in [1.54, 1.807) is 0 Å². The second kappa shape index (κ2) is 38.8. The number of esters is 1. The number of ether oxygens (including phenoxy) is 1. The Balaban J connectivity index is 4.11. The number of rotatable bonds is 38. The zero-order valence-electron chi connectivity index (χ0n) is 33.8. The number of allylic oxidation sites excluding steroid dienone is 6. The fraction of sp³-hybridized carbons (Fsp3) is 0.773. The number of unbranched alkanes of at least 4 members (excludes halogenated alkanes) is 18. The average Bonchev–Trinajstić information content (AvgIpc) is 3.14. The lowest BCUT2D eigenvalue weighted by Gasteiger charge is -2.18. The summed E-state index contributed by atoms with van der Waals surface area (Å²) in [6.45, 7) is 3.43. The molecule has 0 aliphatic carbocycles. The predicted molar refractivity (Wildman–Crippen MR) is 218 cm³/mol. The van der Waals surface area contributed by atoms with Gasteiger partial charge >= 0.3 is 11.9 Å². The Morgan fingerprint density at radius 3 is 1.57 bits per heavy atom. The van der Waals surface area contributed by atoms with Crippen molar-refractivity contribution >= 4 is 23.8 Å². The summed E-state index contributed by atoms with van der Waals surface area (Å²) in [4.78, 5) is 47.4. The number of amides is 2. The van der Waals surface area contributed by atoms with Gasteiger partial charge in [0, 0.05) is 12.8 Å². The maximum atomic E-state index is 12.7. The van der Waals surface area contributed by atoms with E-state index in [4.69, 9.17) is 14.9 Å². The van der Waals surface area contributed by atoms with Crippen molar-refractivity contribution in [1.82, 2.24) is 10.6 Å². The van der Waals surface area contributed by atoms with Crippen molar-refractivity contribution < 1.29 is 34.1 Å². The lowest BCUT2D eigenvalue weighted by molar-refractivity contribution is -0.150. The Labute approximate surface area is 323 Å². The van der Waals surface area contributed by atoms with Gasteiger partial charge in [0.25, 0.3) is 0 Å². The molecule has 0 heterocycles. The van der Waals surface area contributed by atoms with Gasteiger partial charge in [0.15, 0.2) is 0 Å². The lowest BCUT2D eigenvalue weighted by atomic mass is 10.0. The number of carbonyl (C=O) groups is 4. The quantitative estimate of drug-likeness (QED) is 0.0280. The third kappa shape index (κ3) is 35.8. The minimum Gasteiger partial charge on any atom is -0.480 e. The van der Waals surface area contributed by atoms with Gasteiger partial charge in [-0.05, 0) is 77.0 Å². The number of hydrogen-bond acceptors (Lipinski definition) is 6. The van der Waals surface area contributed by atoms with E-state index in [0.717, 1.165) is 77.0 Å². The van der Waals surface area contributed by atoms with Crippen molar-refractivity contribution in [2.45, 2.75) is 206 Å². The maximum Gasteiger partial charge on any atom is 0.328 e. The molecule has 2 unspecified atom stereocenters. The Hall–Kier alpha value is -2.94. The zero-order chi connectivity index (χ0) is 39.0. The van der Waals surface area contributed by atoms with Crippen molar-refractivity contribution in [3.63, 3.8) is 0 Å². The second-order valence-electron chi connectivity index (χ2n) is 14.4.